The number of amides is 1. The predicted octanol–water partition coefficient (Wildman–Crippen LogP) is 1.83. The SMILES string of the molecule is CCNC(=NCCCC(=O)N1CCc2ccccc21)N1CCS(=O)(=O)C(C)(C)C1. The minimum absolute atomic E-state index is 0.136. The van der Waals surface area contributed by atoms with Crippen molar-refractivity contribution >= 4 is 27.4 Å². The molecule has 0 aromatic heterocycles. The van der Waals surface area contributed by atoms with Crippen molar-refractivity contribution in [2.45, 2.75) is 44.8 Å². The van der Waals surface area contributed by atoms with E-state index in [1.165, 1.54) is 5.56 Å². The molecule has 0 bridgehead atoms. The number of benzene rings is 1. The number of rotatable bonds is 5. The van der Waals surface area contributed by atoms with Gasteiger partial charge in [-0.15, -0.1) is 0 Å². The Labute approximate surface area is 174 Å². The first-order valence-electron chi connectivity index (χ1n) is 10.4. The van der Waals surface area contributed by atoms with Crippen molar-refractivity contribution in [1.29, 1.82) is 0 Å². The molecule has 160 valence electrons. The van der Waals surface area contributed by atoms with Crippen molar-refractivity contribution in [2.75, 3.05) is 43.4 Å². The van der Waals surface area contributed by atoms with Gasteiger partial charge in [-0.25, -0.2) is 8.42 Å². The fourth-order valence-electron chi connectivity index (χ4n) is 3.90. The molecule has 1 aromatic carbocycles. The van der Waals surface area contributed by atoms with Gasteiger partial charge in [-0.2, -0.15) is 0 Å². The van der Waals surface area contributed by atoms with Gasteiger partial charge in [0.25, 0.3) is 0 Å². The quantitative estimate of drug-likeness (QED) is 0.446. The molecule has 0 atom stereocenters. The van der Waals surface area contributed by atoms with Crippen LogP contribution < -0.4 is 10.2 Å². The number of carbonyl (C=O) groups excluding carboxylic acids is 1. The van der Waals surface area contributed by atoms with E-state index >= 15 is 0 Å². The third-order valence-electron chi connectivity index (χ3n) is 5.68. The topological polar surface area (TPSA) is 82.1 Å². The smallest absolute Gasteiger partial charge is 0.227 e. The summed E-state index contributed by atoms with van der Waals surface area (Å²) in [5.74, 6) is 1.01. The Balaban J connectivity index is 1.56. The summed E-state index contributed by atoms with van der Waals surface area (Å²) in [5, 5.41) is 3.26. The largest absolute Gasteiger partial charge is 0.357 e. The summed E-state index contributed by atoms with van der Waals surface area (Å²) in [6.45, 7) is 8.40. The summed E-state index contributed by atoms with van der Waals surface area (Å²) in [7, 11) is -3.09. The number of nitrogens with one attached hydrogen (secondary N) is 1. The first-order valence-corrected chi connectivity index (χ1v) is 12.0. The fourth-order valence-corrected chi connectivity index (χ4v) is 5.26. The number of nitrogens with zero attached hydrogens (tertiary/aromatic N) is 3. The van der Waals surface area contributed by atoms with Crippen LogP contribution in [0.25, 0.3) is 0 Å². The zero-order chi connectivity index (χ0) is 21.1. The van der Waals surface area contributed by atoms with Crippen molar-refractivity contribution in [3.63, 3.8) is 0 Å². The lowest BCUT2D eigenvalue weighted by molar-refractivity contribution is -0.118. The van der Waals surface area contributed by atoms with E-state index in [4.69, 9.17) is 0 Å². The second-order valence-corrected chi connectivity index (χ2v) is 11.0. The van der Waals surface area contributed by atoms with E-state index in [1.54, 1.807) is 13.8 Å². The molecule has 0 radical (unpaired) electrons. The van der Waals surface area contributed by atoms with Crippen LogP contribution in [-0.2, 0) is 21.1 Å². The fraction of sp³-hybridized carbons (Fsp3) is 0.619. The lowest BCUT2D eigenvalue weighted by Gasteiger charge is -2.39. The van der Waals surface area contributed by atoms with E-state index < -0.39 is 14.6 Å². The molecule has 0 unspecified atom stereocenters. The Morgan fingerprint density at radius 3 is 2.72 bits per heavy atom. The molecule has 7 nitrogen and oxygen atoms in total. The van der Waals surface area contributed by atoms with Crippen LogP contribution in [0.5, 0.6) is 0 Å². The zero-order valence-electron chi connectivity index (χ0n) is 17.6. The van der Waals surface area contributed by atoms with Crippen molar-refractivity contribution in [2.24, 2.45) is 4.99 Å². The highest BCUT2D eigenvalue weighted by Crippen LogP contribution is 2.28. The van der Waals surface area contributed by atoms with Crippen LogP contribution in [0.15, 0.2) is 29.3 Å². The number of hydrogen-bond donors (Lipinski definition) is 1. The van der Waals surface area contributed by atoms with E-state index in [0.29, 0.717) is 39.0 Å². The Hall–Kier alpha value is -2.09. The molecule has 1 N–H and O–H groups in total. The Bertz CT molecular complexity index is 880. The maximum absolute atomic E-state index is 12.6. The van der Waals surface area contributed by atoms with Gasteiger partial charge < -0.3 is 15.1 Å². The Kier molecular flexibility index (Phi) is 6.51. The van der Waals surface area contributed by atoms with E-state index in [0.717, 1.165) is 24.6 Å². The first-order chi connectivity index (χ1) is 13.7. The lowest BCUT2D eigenvalue weighted by atomic mass is 10.2. The minimum atomic E-state index is -3.09. The molecule has 1 aromatic rings. The maximum Gasteiger partial charge on any atom is 0.227 e. The van der Waals surface area contributed by atoms with Crippen LogP contribution in [0.4, 0.5) is 5.69 Å². The molecule has 1 fully saturated rings. The molecule has 0 aliphatic carbocycles. The number of guanidine groups is 1. The first kappa shape index (κ1) is 21.6. The highest BCUT2D eigenvalue weighted by Gasteiger charge is 2.40. The number of hydrogen-bond acceptors (Lipinski definition) is 4. The molecule has 0 saturated carbocycles. The van der Waals surface area contributed by atoms with Gasteiger partial charge in [0.2, 0.25) is 5.91 Å². The van der Waals surface area contributed by atoms with Crippen LogP contribution >= 0.6 is 0 Å². The van der Waals surface area contributed by atoms with Gasteiger partial charge in [0, 0.05) is 44.8 Å². The van der Waals surface area contributed by atoms with Crippen molar-refractivity contribution < 1.29 is 13.2 Å². The van der Waals surface area contributed by atoms with Crippen LogP contribution in [0.2, 0.25) is 0 Å². The van der Waals surface area contributed by atoms with Gasteiger partial charge in [0.15, 0.2) is 15.8 Å². The number of anilines is 1. The third-order valence-corrected chi connectivity index (χ3v) is 8.21. The molecule has 0 spiro atoms. The summed E-state index contributed by atoms with van der Waals surface area (Å²) >= 11 is 0. The highest BCUT2D eigenvalue weighted by molar-refractivity contribution is 7.92. The van der Waals surface area contributed by atoms with Crippen molar-refractivity contribution in [3.05, 3.63) is 29.8 Å². The monoisotopic (exact) mass is 420 g/mol. The predicted molar refractivity (Wildman–Crippen MR) is 117 cm³/mol. The molecule has 3 rings (SSSR count). The molecule has 2 aliphatic heterocycles. The number of fused-ring (bicyclic) bond motifs is 1. The summed E-state index contributed by atoms with van der Waals surface area (Å²) < 4.78 is 23.7. The second kappa shape index (κ2) is 8.73. The summed E-state index contributed by atoms with van der Waals surface area (Å²) in [6, 6.07) is 8.07. The van der Waals surface area contributed by atoms with E-state index in [1.807, 2.05) is 34.9 Å². The average Bonchev–Trinajstić information content (AvgIpc) is 3.10. The molecule has 8 heteroatoms. The van der Waals surface area contributed by atoms with Gasteiger partial charge >= 0.3 is 0 Å². The van der Waals surface area contributed by atoms with Gasteiger partial charge in [-0.1, -0.05) is 18.2 Å². The van der Waals surface area contributed by atoms with E-state index in [9.17, 15) is 13.2 Å². The van der Waals surface area contributed by atoms with Gasteiger partial charge in [-0.05, 0) is 45.2 Å². The van der Waals surface area contributed by atoms with Crippen molar-refractivity contribution in [3.8, 4) is 0 Å². The summed E-state index contributed by atoms with van der Waals surface area (Å²) in [4.78, 5) is 21.2. The lowest BCUT2D eigenvalue weighted by Crippen LogP contribution is -2.57. The van der Waals surface area contributed by atoms with Crippen LogP contribution in [0.3, 0.4) is 0 Å². The molecule has 1 saturated heterocycles. The second-order valence-electron chi connectivity index (χ2n) is 8.26. The number of para-hydroxylation sites is 1. The van der Waals surface area contributed by atoms with Crippen LogP contribution in [0, 0.1) is 0 Å². The summed E-state index contributed by atoms with van der Waals surface area (Å²) in [6.07, 6.45) is 2.04. The number of aliphatic imine (C=N–C) groups is 1. The molecule has 1 amide bonds. The van der Waals surface area contributed by atoms with Crippen molar-refractivity contribution in [1.82, 2.24) is 10.2 Å². The standard InChI is InChI=1S/C21H32N4O3S/c1-4-22-20(24-14-15-29(27,28)21(2,3)16-24)23-12-7-10-19(26)25-13-11-17-8-5-6-9-18(17)25/h5-6,8-9H,4,7,10-16H2,1-3H3,(H,22,23). The average molecular weight is 421 g/mol. The van der Waals surface area contributed by atoms with Crippen LogP contribution in [0.1, 0.15) is 39.2 Å². The molecular formula is C21H32N4O3S. The minimum Gasteiger partial charge on any atom is -0.357 e. The molecule has 29 heavy (non-hydrogen) atoms. The highest BCUT2D eigenvalue weighted by atomic mass is 32.2. The van der Waals surface area contributed by atoms with E-state index in [2.05, 4.69) is 16.4 Å². The van der Waals surface area contributed by atoms with Gasteiger partial charge in [0.1, 0.15) is 0 Å². The molecule has 2 heterocycles. The van der Waals surface area contributed by atoms with Gasteiger partial charge in [-0.3, -0.25) is 9.79 Å². The number of carbonyl (C=O) groups is 1. The van der Waals surface area contributed by atoms with Gasteiger partial charge in [0.05, 0.1) is 10.5 Å². The Morgan fingerprint density at radius 2 is 2.00 bits per heavy atom. The van der Waals surface area contributed by atoms with Crippen LogP contribution in [-0.4, -0.2) is 68.4 Å². The normalized spacial score (nSPS) is 20.4. The van der Waals surface area contributed by atoms with E-state index in [-0.39, 0.29) is 11.7 Å². The Morgan fingerprint density at radius 1 is 1.24 bits per heavy atom. The zero-order valence-corrected chi connectivity index (χ0v) is 18.5. The third kappa shape index (κ3) is 4.74. The maximum atomic E-state index is 12.6. The number of sulfone groups is 1. The summed E-state index contributed by atoms with van der Waals surface area (Å²) in [5.41, 5.74) is 2.27. The molecular weight excluding hydrogens is 388 g/mol. The molecule has 2 aliphatic rings.